The number of ether oxygens (including phenoxy) is 1. The lowest BCUT2D eigenvalue weighted by Gasteiger charge is -2.33. The summed E-state index contributed by atoms with van der Waals surface area (Å²) in [6.45, 7) is 0.681. The molecule has 0 radical (unpaired) electrons. The van der Waals surface area contributed by atoms with Gasteiger partial charge in [0.05, 0.1) is 12.6 Å². The minimum absolute atomic E-state index is 0.0243. The van der Waals surface area contributed by atoms with Crippen LogP contribution >= 0.6 is 0 Å². The molecule has 0 fully saturated rings. The van der Waals surface area contributed by atoms with Gasteiger partial charge in [0.1, 0.15) is 6.10 Å². The predicted molar refractivity (Wildman–Crippen MR) is 118 cm³/mol. The molecule has 0 saturated heterocycles. The Bertz CT molecular complexity index is 828. The monoisotopic (exact) mass is 371 g/mol. The lowest BCUT2D eigenvalue weighted by atomic mass is 9.94. The molecular formula is C26H29NO. The zero-order valence-corrected chi connectivity index (χ0v) is 16.7. The highest BCUT2D eigenvalue weighted by atomic mass is 16.5. The van der Waals surface area contributed by atoms with Crippen molar-refractivity contribution < 1.29 is 4.74 Å². The van der Waals surface area contributed by atoms with Crippen molar-refractivity contribution in [1.29, 1.82) is 0 Å². The molecule has 2 heteroatoms. The summed E-state index contributed by atoms with van der Waals surface area (Å²) >= 11 is 0. The first-order chi connectivity index (χ1) is 13.8. The molecule has 3 aromatic carbocycles. The molecule has 0 spiro atoms. The van der Waals surface area contributed by atoms with Crippen LogP contribution in [0.3, 0.4) is 0 Å². The highest BCUT2D eigenvalue weighted by Crippen LogP contribution is 2.35. The van der Waals surface area contributed by atoms with Crippen LogP contribution in [0.2, 0.25) is 0 Å². The fraction of sp³-hybridized carbons (Fsp3) is 0.231. The van der Waals surface area contributed by atoms with E-state index >= 15 is 0 Å². The van der Waals surface area contributed by atoms with Crippen LogP contribution in [0.5, 0.6) is 0 Å². The van der Waals surface area contributed by atoms with Crippen molar-refractivity contribution in [3.63, 3.8) is 0 Å². The Labute approximate surface area is 169 Å². The second-order valence-corrected chi connectivity index (χ2v) is 7.12. The molecule has 2 atom stereocenters. The molecule has 0 N–H and O–H groups in total. The lowest BCUT2D eigenvalue weighted by Crippen LogP contribution is -2.28. The zero-order chi connectivity index (χ0) is 19.6. The third kappa shape index (κ3) is 5.66. The Hall–Kier alpha value is -2.68. The number of rotatable bonds is 9. The number of likely N-dealkylation sites (N-methyl/N-ethyl adjacent to an activating group) is 1. The van der Waals surface area contributed by atoms with Crippen molar-refractivity contribution in [1.82, 2.24) is 4.90 Å². The van der Waals surface area contributed by atoms with E-state index < -0.39 is 0 Å². The summed E-state index contributed by atoms with van der Waals surface area (Å²) < 4.78 is 6.45. The molecule has 0 bridgehead atoms. The summed E-state index contributed by atoms with van der Waals surface area (Å²) in [6, 6.07) is 31.7. The van der Waals surface area contributed by atoms with Gasteiger partial charge in [-0.2, -0.15) is 0 Å². The first-order valence-electron chi connectivity index (χ1n) is 9.85. The summed E-state index contributed by atoms with van der Waals surface area (Å²) in [6.07, 6.45) is 5.20. The van der Waals surface area contributed by atoms with Crippen molar-refractivity contribution in [3.05, 3.63) is 114 Å². The van der Waals surface area contributed by atoms with Crippen LogP contribution in [0, 0.1) is 0 Å². The van der Waals surface area contributed by atoms with Gasteiger partial charge in [-0.15, -0.1) is 0 Å². The number of benzene rings is 3. The van der Waals surface area contributed by atoms with Gasteiger partial charge in [0.25, 0.3) is 0 Å². The number of nitrogens with zero attached hydrogens (tertiary/aromatic N) is 1. The van der Waals surface area contributed by atoms with Crippen molar-refractivity contribution in [3.8, 4) is 0 Å². The van der Waals surface area contributed by atoms with E-state index in [1.54, 1.807) is 0 Å². The molecule has 0 amide bonds. The Morgan fingerprint density at radius 1 is 0.750 bits per heavy atom. The van der Waals surface area contributed by atoms with E-state index in [2.05, 4.69) is 116 Å². The average molecular weight is 372 g/mol. The molecule has 0 saturated carbocycles. The molecule has 0 aliphatic carbocycles. The SMILES string of the molecule is CN(C)C(c1ccccc1)C(OCCC=Cc1ccccc1)c1ccccc1. The van der Waals surface area contributed by atoms with Gasteiger partial charge in [-0.25, -0.2) is 0 Å². The van der Waals surface area contributed by atoms with Crippen molar-refractivity contribution in [2.45, 2.75) is 18.6 Å². The van der Waals surface area contributed by atoms with Crippen molar-refractivity contribution >= 4 is 6.08 Å². The predicted octanol–water partition coefficient (Wildman–Crippen LogP) is 6.15. The summed E-state index contributed by atoms with van der Waals surface area (Å²) in [5.41, 5.74) is 3.69. The number of hydrogen-bond acceptors (Lipinski definition) is 2. The first-order valence-corrected chi connectivity index (χ1v) is 9.85. The van der Waals surface area contributed by atoms with Gasteiger partial charge in [-0.05, 0) is 37.2 Å². The molecule has 144 valence electrons. The largest absolute Gasteiger partial charge is 0.371 e. The summed E-state index contributed by atoms with van der Waals surface area (Å²) in [5.74, 6) is 0. The van der Waals surface area contributed by atoms with Crippen LogP contribution in [0.1, 0.15) is 35.3 Å². The van der Waals surface area contributed by atoms with E-state index in [0.29, 0.717) is 6.61 Å². The van der Waals surface area contributed by atoms with E-state index in [9.17, 15) is 0 Å². The van der Waals surface area contributed by atoms with Crippen LogP contribution in [-0.2, 0) is 4.74 Å². The minimum atomic E-state index is -0.0243. The topological polar surface area (TPSA) is 12.5 Å². The minimum Gasteiger partial charge on any atom is -0.371 e. The second-order valence-electron chi connectivity index (χ2n) is 7.12. The maximum absolute atomic E-state index is 6.45. The maximum atomic E-state index is 6.45. The quantitative estimate of drug-likeness (QED) is 0.418. The zero-order valence-electron chi connectivity index (χ0n) is 16.7. The van der Waals surface area contributed by atoms with E-state index in [1.807, 2.05) is 6.07 Å². The van der Waals surface area contributed by atoms with Gasteiger partial charge in [-0.1, -0.05) is 103 Å². The molecule has 2 nitrogen and oxygen atoms in total. The molecule has 28 heavy (non-hydrogen) atoms. The Morgan fingerprint density at radius 2 is 1.29 bits per heavy atom. The molecule has 3 rings (SSSR count). The smallest absolute Gasteiger partial charge is 0.102 e. The Morgan fingerprint density at radius 3 is 1.86 bits per heavy atom. The lowest BCUT2D eigenvalue weighted by molar-refractivity contribution is -0.00217. The molecular weight excluding hydrogens is 342 g/mol. The molecule has 0 aromatic heterocycles. The van der Waals surface area contributed by atoms with Crippen molar-refractivity contribution in [2.75, 3.05) is 20.7 Å². The highest BCUT2D eigenvalue weighted by Gasteiger charge is 2.27. The Balaban J connectivity index is 1.73. The van der Waals surface area contributed by atoms with E-state index in [4.69, 9.17) is 4.74 Å². The van der Waals surface area contributed by atoms with Gasteiger partial charge in [0.15, 0.2) is 0 Å². The molecule has 0 aliphatic rings. The van der Waals surface area contributed by atoms with Crippen LogP contribution in [0.25, 0.3) is 6.08 Å². The second kappa shape index (κ2) is 10.6. The van der Waals surface area contributed by atoms with Gasteiger partial charge < -0.3 is 4.74 Å². The third-order valence-electron chi connectivity index (χ3n) is 4.80. The van der Waals surface area contributed by atoms with Crippen LogP contribution in [0.15, 0.2) is 97.1 Å². The molecule has 2 unspecified atom stereocenters. The highest BCUT2D eigenvalue weighted by molar-refractivity contribution is 5.48. The number of hydrogen-bond donors (Lipinski definition) is 0. The van der Waals surface area contributed by atoms with Crippen molar-refractivity contribution in [2.24, 2.45) is 0 Å². The van der Waals surface area contributed by atoms with Gasteiger partial charge >= 0.3 is 0 Å². The normalized spacial score (nSPS) is 13.7. The summed E-state index contributed by atoms with van der Waals surface area (Å²) in [4.78, 5) is 2.24. The van der Waals surface area contributed by atoms with Crippen LogP contribution < -0.4 is 0 Å². The van der Waals surface area contributed by atoms with Gasteiger partial charge in [-0.3, -0.25) is 4.90 Å². The fourth-order valence-corrected chi connectivity index (χ4v) is 3.45. The van der Waals surface area contributed by atoms with E-state index in [0.717, 1.165) is 6.42 Å². The van der Waals surface area contributed by atoms with Crippen LogP contribution in [-0.4, -0.2) is 25.6 Å². The molecule has 0 aliphatic heterocycles. The molecule has 0 heterocycles. The Kier molecular flexibility index (Phi) is 7.60. The van der Waals surface area contributed by atoms with Crippen LogP contribution in [0.4, 0.5) is 0 Å². The standard InChI is InChI=1S/C26H29NO/c1-27(2)25(23-17-8-4-9-18-23)26(24-19-10-5-11-20-24)28-21-13-12-16-22-14-6-3-7-15-22/h3-12,14-20,25-26H,13,21H2,1-2H3. The average Bonchev–Trinajstić information content (AvgIpc) is 2.74. The summed E-state index contributed by atoms with van der Waals surface area (Å²) in [5, 5.41) is 0. The first kappa shape index (κ1) is 20.1. The van der Waals surface area contributed by atoms with Gasteiger partial charge in [0.2, 0.25) is 0 Å². The van der Waals surface area contributed by atoms with Gasteiger partial charge in [0, 0.05) is 0 Å². The third-order valence-corrected chi connectivity index (χ3v) is 4.80. The summed E-state index contributed by atoms with van der Waals surface area (Å²) in [7, 11) is 4.23. The van der Waals surface area contributed by atoms with E-state index in [-0.39, 0.29) is 12.1 Å². The maximum Gasteiger partial charge on any atom is 0.102 e. The fourth-order valence-electron chi connectivity index (χ4n) is 3.45. The van der Waals surface area contributed by atoms with E-state index in [1.165, 1.54) is 16.7 Å². The molecule has 3 aromatic rings.